The van der Waals surface area contributed by atoms with Crippen LogP contribution in [-0.4, -0.2) is 23.1 Å². The zero-order valence-corrected chi connectivity index (χ0v) is 12.6. The molecule has 2 rings (SSSR count). The average Bonchev–Trinajstić information content (AvgIpc) is 2.52. The third-order valence-corrected chi connectivity index (χ3v) is 3.39. The highest BCUT2D eigenvalue weighted by molar-refractivity contribution is 6.21. The molecule has 0 unspecified atom stereocenters. The van der Waals surface area contributed by atoms with Crippen molar-refractivity contribution in [2.45, 2.75) is 6.92 Å². The summed E-state index contributed by atoms with van der Waals surface area (Å²) in [6.07, 6.45) is 1.31. The number of rotatable bonds is 5. The molecule has 6 nitrogen and oxygen atoms in total. The molecule has 0 aromatic heterocycles. The Morgan fingerprint density at radius 3 is 2.52 bits per heavy atom. The van der Waals surface area contributed by atoms with Crippen LogP contribution in [0.5, 0.6) is 5.75 Å². The quantitative estimate of drug-likeness (QED) is 0.394. The number of hydrogen-bond donors (Lipinski definition) is 1. The summed E-state index contributed by atoms with van der Waals surface area (Å²) >= 11 is 0. The molecule has 0 aliphatic heterocycles. The number of aryl methyl sites for hydroxylation is 1. The van der Waals surface area contributed by atoms with Gasteiger partial charge < -0.3 is 9.84 Å². The SMILES string of the molecule is COc1ccc(/C(=C/c2ccccc2[N+](=O)[O-])C(=O)O)c(C)c1. The van der Waals surface area contributed by atoms with Gasteiger partial charge in [0.05, 0.1) is 23.2 Å². The van der Waals surface area contributed by atoms with Gasteiger partial charge in [-0.1, -0.05) is 18.2 Å². The van der Waals surface area contributed by atoms with E-state index < -0.39 is 10.9 Å². The fourth-order valence-corrected chi connectivity index (χ4v) is 2.25. The van der Waals surface area contributed by atoms with Crippen molar-refractivity contribution >= 4 is 23.3 Å². The van der Waals surface area contributed by atoms with E-state index >= 15 is 0 Å². The third-order valence-electron chi connectivity index (χ3n) is 3.39. The number of nitro groups is 1. The van der Waals surface area contributed by atoms with Crippen LogP contribution in [0.1, 0.15) is 16.7 Å². The summed E-state index contributed by atoms with van der Waals surface area (Å²) in [6.45, 7) is 1.76. The van der Waals surface area contributed by atoms with Crippen molar-refractivity contribution < 1.29 is 19.6 Å². The molecule has 0 fully saturated rings. The Morgan fingerprint density at radius 1 is 1.26 bits per heavy atom. The molecule has 1 N–H and O–H groups in total. The molecule has 0 saturated heterocycles. The predicted octanol–water partition coefficient (Wildman–Crippen LogP) is 3.54. The molecule has 0 atom stereocenters. The Bertz CT molecular complexity index is 795. The second-order valence-corrected chi connectivity index (χ2v) is 4.86. The van der Waals surface area contributed by atoms with Gasteiger partial charge in [0.1, 0.15) is 5.75 Å². The Hall–Kier alpha value is -3.15. The first-order chi connectivity index (χ1) is 10.9. The number of nitro benzene ring substituents is 1. The van der Waals surface area contributed by atoms with Crippen molar-refractivity contribution in [3.05, 3.63) is 69.3 Å². The van der Waals surface area contributed by atoms with E-state index in [0.717, 1.165) is 0 Å². The highest BCUT2D eigenvalue weighted by Gasteiger charge is 2.17. The first-order valence-electron chi connectivity index (χ1n) is 6.77. The van der Waals surface area contributed by atoms with Crippen LogP contribution < -0.4 is 4.74 Å². The van der Waals surface area contributed by atoms with E-state index in [2.05, 4.69) is 0 Å². The minimum Gasteiger partial charge on any atom is -0.497 e. The normalized spacial score (nSPS) is 11.1. The predicted molar refractivity (Wildman–Crippen MR) is 86.3 cm³/mol. The van der Waals surface area contributed by atoms with Crippen molar-refractivity contribution in [3.8, 4) is 5.75 Å². The molecule has 2 aromatic carbocycles. The van der Waals surface area contributed by atoms with Crippen LogP contribution in [0.4, 0.5) is 5.69 Å². The van der Waals surface area contributed by atoms with Gasteiger partial charge in [-0.05, 0) is 42.3 Å². The van der Waals surface area contributed by atoms with Crippen LogP contribution >= 0.6 is 0 Å². The fourth-order valence-electron chi connectivity index (χ4n) is 2.25. The summed E-state index contributed by atoms with van der Waals surface area (Å²) in [5.41, 5.74) is 1.27. The third kappa shape index (κ3) is 3.55. The number of hydrogen-bond acceptors (Lipinski definition) is 4. The van der Waals surface area contributed by atoms with Gasteiger partial charge in [0.25, 0.3) is 5.69 Å². The Labute approximate surface area is 132 Å². The van der Waals surface area contributed by atoms with E-state index in [4.69, 9.17) is 4.74 Å². The Kier molecular flexibility index (Phi) is 4.75. The van der Waals surface area contributed by atoms with Gasteiger partial charge in [-0.25, -0.2) is 4.79 Å². The average molecular weight is 313 g/mol. The zero-order chi connectivity index (χ0) is 17.0. The molecule has 0 bridgehead atoms. The highest BCUT2D eigenvalue weighted by atomic mass is 16.6. The van der Waals surface area contributed by atoms with Crippen molar-refractivity contribution in [2.75, 3.05) is 7.11 Å². The van der Waals surface area contributed by atoms with Crippen LogP contribution in [0.25, 0.3) is 11.6 Å². The molecule has 0 spiro atoms. The lowest BCUT2D eigenvalue weighted by Crippen LogP contribution is -2.02. The molecule has 23 heavy (non-hydrogen) atoms. The lowest BCUT2D eigenvalue weighted by molar-refractivity contribution is -0.385. The number of carboxylic acid groups (broad SMARTS) is 1. The molecule has 118 valence electrons. The number of ether oxygens (including phenoxy) is 1. The maximum Gasteiger partial charge on any atom is 0.336 e. The first kappa shape index (κ1) is 16.2. The van der Waals surface area contributed by atoms with Gasteiger partial charge in [-0.15, -0.1) is 0 Å². The summed E-state index contributed by atoms with van der Waals surface area (Å²) in [5.74, 6) is -0.543. The number of methoxy groups -OCH3 is 1. The van der Waals surface area contributed by atoms with Gasteiger partial charge >= 0.3 is 5.97 Å². The number of para-hydroxylation sites is 1. The molecule has 0 heterocycles. The second-order valence-electron chi connectivity index (χ2n) is 4.86. The van der Waals surface area contributed by atoms with Crippen molar-refractivity contribution in [1.82, 2.24) is 0 Å². The zero-order valence-electron chi connectivity index (χ0n) is 12.6. The topological polar surface area (TPSA) is 89.7 Å². The maximum absolute atomic E-state index is 11.6. The summed E-state index contributed by atoms with van der Waals surface area (Å²) in [7, 11) is 1.52. The molecular weight excluding hydrogens is 298 g/mol. The number of carboxylic acids is 1. The summed E-state index contributed by atoms with van der Waals surface area (Å²) in [5, 5.41) is 20.6. The molecule has 0 radical (unpaired) electrons. The van der Waals surface area contributed by atoms with E-state index in [1.807, 2.05) is 0 Å². The first-order valence-corrected chi connectivity index (χ1v) is 6.77. The van der Waals surface area contributed by atoms with Crippen molar-refractivity contribution in [1.29, 1.82) is 0 Å². The van der Waals surface area contributed by atoms with E-state index in [9.17, 15) is 20.0 Å². The van der Waals surface area contributed by atoms with Crippen molar-refractivity contribution in [2.24, 2.45) is 0 Å². The van der Waals surface area contributed by atoms with Gasteiger partial charge in [0.15, 0.2) is 0 Å². The molecule has 0 saturated carbocycles. The van der Waals surface area contributed by atoms with Crippen LogP contribution in [0.15, 0.2) is 42.5 Å². The standard InChI is InChI=1S/C17H15NO5/c1-11-9-13(23-2)7-8-14(11)15(17(19)20)10-12-5-3-4-6-16(12)18(21)22/h3-10H,1-2H3,(H,19,20)/b15-10-. The molecular formula is C17H15NO5. The Balaban J connectivity index is 2.60. The van der Waals surface area contributed by atoms with Gasteiger partial charge in [-0.2, -0.15) is 0 Å². The van der Waals surface area contributed by atoms with E-state index in [1.165, 1.54) is 31.4 Å². The number of nitrogens with zero attached hydrogens (tertiary/aromatic N) is 1. The summed E-state index contributed by atoms with van der Waals surface area (Å²) in [6, 6.07) is 11.0. The molecule has 0 aliphatic carbocycles. The largest absolute Gasteiger partial charge is 0.497 e. The lowest BCUT2D eigenvalue weighted by Gasteiger charge is -2.09. The lowest BCUT2D eigenvalue weighted by atomic mass is 9.97. The van der Waals surface area contributed by atoms with Crippen LogP contribution in [0.2, 0.25) is 0 Å². The molecule has 2 aromatic rings. The number of benzene rings is 2. The van der Waals surface area contributed by atoms with E-state index in [-0.39, 0.29) is 16.8 Å². The second kappa shape index (κ2) is 6.74. The monoisotopic (exact) mass is 313 g/mol. The minimum absolute atomic E-state index is 0.0144. The number of carbonyl (C=O) groups is 1. The minimum atomic E-state index is -1.16. The van der Waals surface area contributed by atoms with Gasteiger partial charge in [-0.3, -0.25) is 10.1 Å². The Morgan fingerprint density at radius 2 is 1.96 bits per heavy atom. The van der Waals surface area contributed by atoms with E-state index in [0.29, 0.717) is 16.9 Å². The number of aliphatic carboxylic acids is 1. The van der Waals surface area contributed by atoms with Crippen LogP contribution in [-0.2, 0) is 4.79 Å². The highest BCUT2D eigenvalue weighted by Crippen LogP contribution is 2.28. The molecule has 6 heteroatoms. The summed E-state index contributed by atoms with van der Waals surface area (Å²) in [4.78, 5) is 22.2. The van der Waals surface area contributed by atoms with Crippen molar-refractivity contribution in [3.63, 3.8) is 0 Å². The molecule has 0 amide bonds. The van der Waals surface area contributed by atoms with Crippen LogP contribution in [0.3, 0.4) is 0 Å². The van der Waals surface area contributed by atoms with Gasteiger partial charge in [0, 0.05) is 6.07 Å². The van der Waals surface area contributed by atoms with Crippen LogP contribution in [0, 0.1) is 17.0 Å². The summed E-state index contributed by atoms with van der Waals surface area (Å²) < 4.78 is 5.10. The fraction of sp³-hybridized carbons (Fsp3) is 0.118. The van der Waals surface area contributed by atoms with Gasteiger partial charge in [0.2, 0.25) is 0 Å². The molecule has 0 aliphatic rings. The van der Waals surface area contributed by atoms with E-state index in [1.54, 1.807) is 31.2 Å². The maximum atomic E-state index is 11.6. The smallest absolute Gasteiger partial charge is 0.336 e.